The number of nitrogens with zero attached hydrogens (tertiary/aromatic N) is 3. The number of amides is 2. The molecule has 1 fully saturated rings. The van der Waals surface area contributed by atoms with Gasteiger partial charge in [-0.25, -0.2) is 4.68 Å². The molecule has 1 saturated heterocycles. The molecule has 3 aromatic rings. The van der Waals surface area contributed by atoms with Gasteiger partial charge in [-0.05, 0) is 44.0 Å². The number of benzene rings is 1. The van der Waals surface area contributed by atoms with Crippen LogP contribution >= 0.6 is 0 Å². The first-order chi connectivity index (χ1) is 14.1. The maximum Gasteiger partial charge on any atom is 0.255 e. The van der Waals surface area contributed by atoms with Crippen LogP contribution in [0.5, 0.6) is 0 Å². The van der Waals surface area contributed by atoms with Crippen LogP contribution in [0.2, 0.25) is 0 Å². The molecular weight excluding hydrogens is 368 g/mol. The van der Waals surface area contributed by atoms with Gasteiger partial charge in [0.2, 0.25) is 5.91 Å². The molecule has 1 aliphatic heterocycles. The molecule has 0 bridgehead atoms. The highest BCUT2D eigenvalue weighted by Gasteiger charge is 2.22. The fraction of sp³-hybridized carbons (Fsp3) is 0.318. The number of aryl methyl sites for hydroxylation is 1. The van der Waals surface area contributed by atoms with E-state index in [1.807, 2.05) is 48.2 Å². The van der Waals surface area contributed by atoms with Crippen molar-refractivity contribution in [2.24, 2.45) is 0 Å². The van der Waals surface area contributed by atoms with Crippen molar-refractivity contribution in [3.8, 4) is 17.1 Å². The summed E-state index contributed by atoms with van der Waals surface area (Å²) in [5.41, 5.74) is 1.74. The normalized spacial score (nSPS) is 13.6. The largest absolute Gasteiger partial charge is 0.460 e. The van der Waals surface area contributed by atoms with E-state index in [1.165, 1.54) is 0 Å². The smallest absolute Gasteiger partial charge is 0.255 e. The summed E-state index contributed by atoms with van der Waals surface area (Å²) in [5, 5.41) is 7.43. The number of nitrogens with one attached hydrogen (secondary N) is 1. The van der Waals surface area contributed by atoms with Gasteiger partial charge in [-0.2, -0.15) is 5.10 Å². The van der Waals surface area contributed by atoms with Gasteiger partial charge in [0.1, 0.15) is 11.5 Å². The Balaban J connectivity index is 1.52. The van der Waals surface area contributed by atoms with Crippen LogP contribution < -0.4 is 5.32 Å². The lowest BCUT2D eigenvalue weighted by Gasteiger charge is -2.15. The molecule has 150 valence electrons. The van der Waals surface area contributed by atoms with E-state index in [9.17, 15) is 9.59 Å². The molecule has 0 spiro atoms. The van der Waals surface area contributed by atoms with Crippen molar-refractivity contribution >= 4 is 11.8 Å². The number of furan rings is 1. The standard InChI is InChI=1S/C22H24N4O3/c1-16-9-10-19(29-16)21-18(15-26(24-21)17-7-3-2-4-8-17)22(28)23-12-11-20(27)25-13-5-6-14-25/h2-4,7-10,15H,5-6,11-14H2,1H3,(H,23,28). The zero-order valence-electron chi connectivity index (χ0n) is 16.4. The molecule has 4 rings (SSSR count). The van der Waals surface area contributed by atoms with E-state index in [4.69, 9.17) is 4.42 Å². The summed E-state index contributed by atoms with van der Waals surface area (Å²) in [4.78, 5) is 26.9. The zero-order valence-corrected chi connectivity index (χ0v) is 16.4. The molecule has 29 heavy (non-hydrogen) atoms. The molecule has 2 amide bonds. The average Bonchev–Trinajstić information content (AvgIpc) is 3.48. The summed E-state index contributed by atoms with van der Waals surface area (Å²) in [6.07, 6.45) is 4.11. The van der Waals surface area contributed by atoms with Gasteiger partial charge in [0.25, 0.3) is 5.91 Å². The van der Waals surface area contributed by atoms with Crippen molar-refractivity contribution in [3.05, 3.63) is 60.0 Å². The van der Waals surface area contributed by atoms with Crippen molar-refractivity contribution in [2.75, 3.05) is 19.6 Å². The van der Waals surface area contributed by atoms with Gasteiger partial charge >= 0.3 is 0 Å². The number of carbonyl (C=O) groups excluding carboxylic acids is 2. The van der Waals surface area contributed by atoms with Gasteiger partial charge in [0.05, 0.1) is 11.3 Å². The molecular formula is C22H24N4O3. The van der Waals surface area contributed by atoms with Crippen LogP contribution in [0.4, 0.5) is 0 Å². The van der Waals surface area contributed by atoms with Crippen LogP contribution in [0, 0.1) is 6.92 Å². The van der Waals surface area contributed by atoms with E-state index < -0.39 is 0 Å². The Kier molecular flexibility index (Phi) is 5.46. The molecule has 7 heteroatoms. The molecule has 3 heterocycles. The number of likely N-dealkylation sites (tertiary alicyclic amines) is 1. The number of rotatable bonds is 6. The van der Waals surface area contributed by atoms with Gasteiger partial charge in [-0.3, -0.25) is 9.59 Å². The monoisotopic (exact) mass is 392 g/mol. The highest BCUT2D eigenvalue weighted by atomic mass is 16.3. The van der Waals surface area contributed by atoms with E-state index in [0.29, 0.717) is 30.0 Å². The summed E-state index contributed by atoms with van der Waals surface area (Å²) >= 11 is 0. The first kappa shape index (κ1) is 19.0. The van der Waals surface area contributed by atoms with E-state index in [0.717, 1.165) is 37.4 Å². The first-order valence-corrected chi connectivity index (χ1v) is 9.90. The molecule has 1 aliphatic rings. The minimum atomic E-state index is -0.273. The molecule has 1 aromatic carbocycles. The van der Waals surface area contributed by atoms with Gasteiger partial charge in [0.15, 0.2) is 5.76 Å². The molecule has 0 atom stereocenters. The summed E-state index contributed by atoms with van der Waals surface area (Å²) in [7, 11) is 0. The van der Waals surface area contributed by atoms with E-state index in [1.54, 1.807) is 16.9 Å². The summed E-state index contributed by atoms with van der Waals surface area (Å²) < 4.78 is 7.37. The van der Waals surface area contributed by atoms with Crippen molar-refractivity contribution in [1.82, 2.24) is 20.0 Å². The van der Waals surface area contributed by atoms with E-state index in [2.05, 4.69) is 10.4 Å². The fourth-order valence-corrected chi connectivity index (χ4v) is 3.50. The minimum absolute atomic E-state index is 0.0877. The second-order valence-electron chi connectivity index (χ2n) is 7.18. The second-order valence-corrected chi connectivity index (χ2v) is 7.18. The van der Waals surface area contributed by atoms with Crippen LogP contribution in [0.15, 0.2) is 53.1 Å². The molecule has 1 N–H and O–H groups in total. The maximum absolute atomic E-state index is 12.9. The lowest BCUT2D eigenvalue weighted by molar-refractivity contribution is -0.129. The van der Waals surface area contributed by atoms with Gasteiger partial charge in [-0.1, -0.05) is 18.2 Å². The van der Waals surface area contributed by atoms with Gasteiger partial charge in [0, 0.05) is 32.3 Å². The third kappa shape index (κ3) is 4.23. The number of carbonyl (C=O) groups is 2. The molecule has 7 nitrogen and oxygen atoms in total. The summed E-state index contributed by atoms with van der Waals surface area (Å²) in [6.45, 7) is 3.78. The van der Waals surface area contributed by atoms with Crippen LogP contribution in [-0.4, -0.2) is 46.1 Å². The Morgan fingerprint density at radius 3 is 2.55 bits per heavy atom. The fourth-order valence-electron chi connectivity index (χ4n) is 3.50. The average molecular weight is 392 g/mol. The first-order valence-electron chi connectivity index (χ1n) is 9.90. The Bertz CT molecular complexity index is 1000. The summed E-state index contributed by atoms with van der Waals surface area (Å²) in [5.74, 6) is 1.10. The minimum Gasteiger partial charge on any atom is -0.460 e. The Morgan fingerprint density at radius 1 is 1.10 bits per heavy atom. The van der Waals surface area contributed by atoms with Crippen molar-refractivity contribution < 1.29 is 14.0 Å². The third-order valence-corrected chi connectivity index (χ3v) is 5.04. The van der Waals surface area contributed by atoms with Crippen LogP contribution in [0.3, 0.4) is 0 Å². The Labute approximate surface area is 169 Å². The van der Waals surface area contributed by atoms with Crippen LogP contribution in [-0.2, 0) is 4.79 Å². The second kappa shape index (κ2) is 8.34. The lowest BCUT2D eigenvalue weighted by atomic mass is 10.2. The van der Waals surface area contributed by atoms with E-state index >= 15 is 0 Å². The lowest BCUT2D eigenvalue weighted by Crippen LogP contribution is -2.32. The van der Waals surface area contributed by atoms with E-state index in [-0.39, 0.29) is 11.8 Å². The number of hydrogen-bond donors (Lipinski definition) is 1. The quantitative estimate of drug-likeness (QED) is 0.699. The Morgan fingerprint density at radius 2 is 1.86 bits per heavy atom. The maximum atomic E-state index is 12.9. The topological polar surface area (TPSA) is 80.4 Å². The molecule has 0 radical (unpaired) electrons. The SMILES string of the molecule is Cc1ccc(-c2nn(-c3ccccc3)cc2C(=O)NCCC(=O)N2CCCC2)o1. The molecule has 0 unspecified atom stereocenters. The molecule has 0 saturated carbocycles. The molecule has 2 aromatic heterocycles. The summed E-state index contributed by atoms with van der Waals surface area (Å²) in [6, 6.07) is 13.2. The van der Waals surface area contributed by atoms with Gasteiger partial charge < -0.3 is 14.6 Å². The van der Waals surface area contributed by atoms with Crippen molar-refractivity contribution in [3.63, 3.8) is 0 Å². The zero-order chi connectivity index (χ0) is 20.2. The van der Waals surface area contributed by atoms with Gasteiger partial charge in [-0.15, -0.1) is 0 Å². The number of hydrogen-bond acceptors (Lipinski definition) is 4. The van der Waals surface area contributed by atoms with Crippen molar-refractivity contribution in [1.29, 1.82) is 0 Å². The predicted molar refractivity (Wildman–Crippen MR) is 109 cm³/mol. The van der Waals surface area contributed by atoms with Crippen LogP contribution in [0.1, 0.15) is 35.4 Å². The van der Waals surface area contributed by atoms with Crippen LogP contribution in [0.25, 0.3) is 17.1 Å². The highest BCUT2D eigenvalue weighted by molar-refractivity contribution is 5.99. The number of para-hydroxylation sites is 1. The van der Waals surface area contributed by atoms with Crippen molar-refractivity contribution in [2.45, 2.75) is 26.2 Å². The molecule has 0 aliphatic carbocycles. The number of aromatic nitrogens is 2. The predicted octanol–water partition coefficient (Wildman–Crippen LogP) is 3.18. The highest BCUT2D eigenvalue weighted by Crippen LogP contribution is 2.25. The Hall–Kier alpha value is -3.35. The third-order valence-electron chi connectivity index (χ3n) is 5.04.